The number of hydrogen-bond acceptors (Lipinski definition) is 3. The van der Waals surface area contributed by atoms with Gasteiger partial charge < -0.3 is 15.4 Å². The standard InChI is InChI=1S/C15H19F3N2O3/c1-2-3-10-23-14(22)20-9-8-19-13(21)11-4-6-12(7-5-11)15(16,17)18/h4-7H,2-3,8-10H2,1H3,(H,19,21)(H,20,22). The van der Waals surface area contributed by atoms with E-state index >= 15 is 0 Å². The first kappa shape index (κ1) is 18.8. The summed E-state index contributed by atoms with van der Waals surface area (Å²) in [7, 11) is 0. The number of alkyl halides is 3. The van der Waals surface area contributed by atoms with Crippen LogP contribution in [0, 0.1) is 0 Å². The van der Waals surface area contributed by atoms with E-state index in [1.54, 1.807) is 0 Å². The Labute approximate surface area is 132 Å². The quantitative estimate of drug-likeness (QED) is 0.755. The number of ether oxygens (including phenoxy) is 1. The third-order valence-corrected chi connectivity index (χ3v) is 2.89. The van der Waals surface area contributed by atoms with Crippen molar-refractivity contribution in [3.8, 4) is 0 Å². The number of unbranched alkanes of at least 4 members (excludes halogenated alkanes) is 1. The lowest BCUT2D eigenvalue weighted by Crippen LogP contribution is -2.35. The maximum Gasteiger partial charge on any atom is 0.416 e. The predicted molar refractivity (Wildman–Crippen MR) is 78.0 cm³/mol. The van der Waals surface area contributed by atoms with Crippen LogP contribution in [0.15, 0.2) is 24.3 Å². The molecule has 1 aromatic rings. The van der Waals surface area contributed by atoms with Crippen LogP contribution >= 0.6 is 0 Å². The van der Waals surface area contributed by atoms with Gasteiger partial charge in [-0.25, -0.2) is 4.79 Å². The maximum absolute atomic E-state index is 12.4. The number of hydrogen-bond donors (Lipinski definition) is 2. The van der Waals surface area contributed by atoms with Crippen LogP contribution in [0.25, 0.3) is 0 Å². The number of halogens is 3. The number of carbonyl (C=O) groups is 2. The third kappa shape index (κ3) is 7.03. The molecule has 1 rings (SSSR count). The van der Waals surface area contributed by atoms with Gasteiger partial charge in [-0.15, -0.1) is 0 Å². The molecule has 0 spiro atoms. The van der Waals surface area contributed by atoms with E-state index in [0.29, 0.717) is 6.61 Å². The number of alkyl carbamates (subject to hydrolysis) is 1. The fraction of sp³-hybridized carbons (Fsp3) is 0.467. The van der Waals surface area contributed by atoms with Crippen LogP contribution in [0.3, 0.4) is 0 Å². The van der Waals surface area contributed by atoms with E-state index in [2.05, 4.69) is 10.6 Å². The van der Waals surface area contributed by atoms with Gasteiger partial charge >= 0.3 is 12.3 Å². The maximum atomic E-state index is 12.4. The molecule has 0 unspecified atom stereocenters. The molecular weight excluding hydrogens is 313 g/mol. The van der Waals surface area contributed by atoms with Crippen molar-refractivity contribution in [1.82, 2.24) is 10.6 Å². The lowest BCUT2D eigenvalue weighted by Gasteiger charge is -2.09. The van der Waals surface area contributed by atoms with E-state index in [1.807, 2.05) is 6.92 Å². The number of carbonyl (C=O) groups excluding carboxylic acids is 2. The molecule has 128 valence electrons. The number of nitrogens with one attached hydrogen (secondary N) is 2. The largest absolute Gasteiger partial charge is 0.450 e. The minimum Gasteiger partial charge on any atom is -0.450 e. The Hall–Kier alpha value is -2.25. The van der Waals surface area contributed by atoms with E-state index in [9.17, 15) is 22.8 Å². The normalized spacial score (nSPS) is 11.0. The third-order valence-electron chi connectivity index (χ3n) is 2.89. The highest BCUT2D eigenvalue weighted by atomic mass is 19.4. The summed E-state index contributed by atoms with van der Waals surface area (Å²) in [5.41, 5.74) is -0.700. The second-order valence-corrected chi connectivity index (χ2v) is 4.75. The Morgan fingerprint density at radius 1 is 1.09 bits per heavy atom. The van der Waals surface area contributed by atoms with Crippen molar-refractivity contribution in [2.45, 2.75) is 25.9 Å². The van der Waals surface area contributed by atoms with Crippen molar-refractivity contribution in [1.29, 1.82) is 0 Å². The summed E-state index contributed by atoms with van der Waals surface area (Å²) in [5.74, 6) is -0.514. The van der Waals surface area contributed by atoms with Gasteiger partial charge in [0, 0.05) is 18.7 Å². The average Bonchev–Trinajstić information content (AvgIpc) is 2.51. The topological polar surface area (TPSA) is 67.4 Å². The van der Waals surface area contributed by atoms with Gasteiger partial charge in [-0.05, 0) is 30.7 Å². The highest BCUT2D eigenvalue weighted by molar-refractivity contribution is 5.94. The summed E-state index contributed by atoms with van der Waals surface area (Å²) in [6.07, 6.45) is -3.31. The molecule has 0 radical (unpaired) electrons. The Kier molecular flexibility index (Phi) is 7.37. The minimum atomic E-state index is -4.43. The molecule has 0 bridgehead atoms. The molecule has 0 aromatic heterocycles. The predicted octanol–water partition coefficient (Wildman–Crippen LogP) is 2.96. The van der Waals surface area contributed by atoms with Crippen LogP contribution in [0.2, 0.25) is 0 Å². The molecule has 0 aliphatic carbocycles. The SMILES string of the molecule is CCCCOC(=O)NCCNC(=O)c1ccc(C(F)(F)F)cc1. The van der Waals surface area contributed by atoms with Crippen LogP contribution in [0.5, 0.6) is 0 Å². The molecule has 0 aliphatic heterocycles. The fourth-order valence-electron chi connectivity index (χ4n) is 1.61. The van der Waals surface area contributed by atoms with Crippen LogP contribution in [0.4, 0.5) is 18.0 Å². The number of amides is 2. The fourth-order valence-corrected chi connectivity index (χ4v) is 1.61. The van der Waals surface area contributed by atoms with E-state index in [4.69, 9.17) is 4.74 Å². The van der Waals surface area contributed by atoms with Crippen molar-refractivity contribution in [2.24, 2.45) is 0 Å². The van der Waals surface area contributed by atoms with Crippen molar-refractivity contribution in [2.75, 3.05) is 19.7 Å². The molecule has 2 amide bonds. The Balaban J connectivity index is 2.30. The van der Waals surface area contributed by atoms with Crippen LogP contribution in [-0.2, 0) is 10.9 Å². The van der Waals surface area contributed by atoms with Crippen LogP contribution in [0.1, 0.15) is 35.7 Å². The smallest absolute Gasteiger partial charge is 0.416 e. The highest BCUT2D eigenvalue weighted by Gasteiger charge is 2.30. The first-order chi connectivity index (χ1) is 10.8. The van der Waals surface area contributed by atoms with Gasteiger partial charge in [0.2, 0.25) is 0 Å². The van der Waals surface area contributed by atoms with Gasteiger partial charge in [-0.2, -0.15) is 13.2 Å². The van der Waals surface area contributed by atoms with E-state index in [-0.39, 0.29) is 18.7 Å². The van der Waals surface area contributed by atoms with Gasteiger partial charge in [0.15, 0.2) is 0 Å². The molecule has 5 nitrogen and oxygen atoms in total. The number of benzene rings is 1. The molecule has 2 N–H and O–H groups in total. The summed E-state index contributed by atoms with van der Waals surface area (Å²) >= 11 is 0. The Bertz CT molecular complexity index is 516. The lowest BCUT2D eigenvalue weighted by molar-refractivity contribution is -0.137. The van der Waals surface area contributed by atoms with Crippen molar-refractivity contribution in [3.05, 3.63) is 35.4 Å². The zero-order valence-corrected chi connectivity index (χ0v) is 12.7. The summed E-state index contributed by atoms with van der Waals surface area (Å²) in [6.45, 7) is 2.61. The molecule has 8 heteroatoms. The summed E-state index contributed by atoms with van der Waals surface area (Å²) in [5, 5.41) is 4.94. The van der Waals surface area contributed by atoms with Crippen molar-refractivity contribution in [3.63, 3.8) is 0 Å². The molecule has 0 saturated carbocycles. The number of rotatable bonds is 7. The molecule has 0 aliphatic rings. The van der Waals surface area contributed by atoms with Crippen LogP contribution < -0.4 is 10.6 Å². The van der Waals surface area contributed by atoms with Gasteiger partial charge in [0.05, 0.1) is 12.2 Å². The lowest BCUT2D eigenvalue weighted by atomic mass is 10.1. The molecule has 0 saturated heterocycles. The molecule has 0 atom stereocenters. The van der Waals surface area contributed by atoms with Gasteiger partial charge in [-0.1, -0.05) is 13.3 Å². The second-order valence-electron chi connectivity index (χ2n) is 4.75. The van der Waals surface area contributed by atoms with Crippen molar-refractivity contribution < 1.29 is 27.5 Å². The van der Waals surface area contributed by atoms with Gasteiger partial charge in [0.1, 0.15) is 0 Å². The molecular formula is C15H19F3N2O3. The summed E-state index contributed by atoms with van der Waals surface area (Å²) in [6, 6.07) is 3.89. The Morgan fingerprint density at radius 2 is 1.70 bits per heavy atom. The molecule has 1 aromatic carbocycles. The van der Waals surface area contributed by atoms with Gasteiger partial charge in [-0.3, -0.25) is 4.79 Å². The van der Waals surface area contributed by atoms with E-state index in [0.717, 1.165) is 37.1 Å². The van der Waals surface area contributed by atoms with Gasteiger partial charge in [0.25, 0.3) is 5.91 Å². The monoisotopic (exact) mass is 332 g/mol. The Morgan fingerprint density at radius 3 is 2.26 bits per heavy atom. The first-order valence-corrected chi connectivity index (χ1v) is 7.20. The average molecular weight is 332 g/mol. The first-order valence-electron chi connectivity index (χ1n) is 7.20. The molecule has 0 fully saturated rings. The summed E-state index contributed by atoms with van der Waals surface area (Å²) in [4.78, 5) is 22.9. The molecule has 23 heavy (non-hydrogen) atoms. The molecule has 0 heterocycles. The summed E-state index contributed by atoms with van der Waals surface area (Å²) < 4.78 is 42.1. The zero-order chi connectivity index (χ0) is 17.3. The highest BCUT2D eigenvalue weighted by Crippen LogP contribution is 2.28. The van der Waals surface area contributed by atoms with Crippen molar-refractivity contribution >= 4 is 12.0 Å². The minimum absolute atomic E-state index is 0.114. The zero-order valence-electron chi connectivity index (χ0n) is 12.7. The van der Waals surface area contributed by atoms with E-state index in [1.165, 1.54) is 0 Å². The second kappa shape index (κ2) is 9.02. The van der Waals surface area contributed by atoms with Crippen LogP contribution in [-0.4, -0.2) is 31.7 Å². The van der Waals surface area contributed by atoms with E-state index < -0.39 is 23.7 Å².